The van der Waals surface area contributed by atoms with Gasteiger partial charge in [-0.3, -0.25) is 4.79 Å². The van der Waals surface area contributed by atoms with E-state index in [0.29, 0.717) is 11.4 Å². The minimum absolute atomic E-state index is 0.116. The molecule has 1 heterocycles. The fourth-order valence-electron chi connectivity index (χ4n) is 1.65. The van der Waals surface area contributed by atoms with Gasteiger partial charge in [0.1, 0.15) is 0 Å². The third-order valence-corrected chi connectivity index (χ3v) is 2.42. The van der Waals surface area contributed by atoms with E-state index < -0.39 is 5.91 Å². The minimum Gasteiger partial charge on any atom is -0.384 e. The molecule has 1 aliphatic rings. The van der Waals surface area contributed by atoms with Crippen molar-refractivity contribution in [2.75, 3.05) is 7.05 Å². The summed E-state index contributed by atoms with van der Waals surface area (Å²) in [6.07, 6.45) is 1.78. The monoisotopic (exact) mass is 229 g/mol. The molecule has 5 heteroatoms. The Kier molecular flexibility index (Phi) is 3.00. The van der Waals surface area contributed by atoms with Gasteiger partial charge < -0.3 is 10.6 Å². The number of carbonyl (C=O) groups excluding carboxylic acids is 1. The van der Waals surface area contributed by atoms with Gasteiger partial charge in [0.05, 0.1) is 11.4 Å². The first-order chi connectivity index (χ1) is 8.26. The first-order valence-electron chi connectivity index (χ1n) is 5.10. The van der Waals surface area contributed by atoms with Gasteiger partial charge in [-0.2, -0.15) is 0 Å². The zero-order valence-corrected chi connectivity index (χ0v) is 9.23. The summed E-state index contributed by atoms with van der Waals surface area (Å²) in [4.78, 5) is 22.0. The van der Waals surface area contributed by atoms with Crippen molar-refractivity contribution in [2.24, 2.45) is 5.18 Å². The summed E-state index contributed by atoms with van der Waals surface area (Å²) in [5.41, 5.74) is 1.80. The standard InChI is InChI=1S/C12H11N3O2/c1-13-10-9(14-12(16)11(10)15-17)7-8-5-3-2-4-6-8/h2-7,13H,1H3,(H,14,16). The lowest BCUT2D eigenvalue weighted by atomic mass is 10.2. The van der Waals surface area contributed by atoms with Gasteiger partial charge in [-0.25, -0.2) is 0 Å². The number of carbonyl (C=O) groups is 1. The molecule has 0 saturated carbocycles. The highest BCUT2D eigenvalue weighted by atomic mass is 16.3. The molecule has 1 amide bonds. The van der Waals surface area contributed by atoms with Gasteiger partial charge in [0.25, 0.3) is 5.91 Å². The molecule has 0 fully saturated rings. The summed E-state index contributed by atoms with van der Waals surface area (Å²) in [6, 6.07) is 9.50. The molecule has 0 unspecified atom stereocenters. The van der Waals surface area contributed by atoms with Crippen LogP contribution in [0.1, 0.15) is 5.56 Å². The van der Waals surface area contributed by atoms with Crippen LogP contribution in [0.2, 0.25) is 0 Å². The number of nitrogens with one attached hydrogen (secondary N) is 2. The van der Waals surface area contributed by atoms with Crippen molar-refractivity contribution >= 4 is 12.0 Å². The SMILES string of the molecule is CNC1=C(N=O)C(=O)NC1=Cc1ccccc1. The molecule has 1 aromatic rings. The van der Waals surface area contributed by atoms with Crippen LogP contribution in [0.4, 0.5) is 0 Å². The van der Waals surface area contributed by atoms with Crippen molar-refractivity contribution in [3.8, 4) is 0 Å². The molecule has 1 aromatic carbocycles. The van der Waals surface area contributed by atoms with E-state index in [1.807, 2.05) is 30.3 Å². The van der Waals surface area contributed by atoms with E-state index in [1.54, 1.807) is 13.1 Å². The summed E-state index contributed by atoms with van der Waals surface area (Å²) >= 11 is 0. The fourth-order valence-corrected chi connectivity index (χ4v) is 1.65. The molecular formula is C12H11N3O2. The van der Waals surface area contributed by atoms with Crippen molar-refractivity contribution < 1.29 is 4.79 Å². The smallest absolute Gasteiger partial charge is 0.280 e. The van der Waals surface area contributed by atoms with E-state index in [4.69, 9.17) is 0 Å². The number of rotatable bonds is 3. The molecule has 0 aliphatic carbocycles. The van der Waals surface area contributed by atoms with Crippen LogP contribution in [0, 0.1) is 4.91 Å². The van der Waals surface area contributed by atoms with Crippen LogP contribution < -0.4 is 10.6 Å². The Hall–Kier alpha value is -2.43. The Morgan fingerprint density at radius 3 is 2.59 bits per heavy atom. The number of hydrogen-bond donors (Lipinski definition) is 2. The van der Waals surface area contributed by atoms with Crippen molar-refractivity contribution in [1.82, 2.24) is 10.6 Å². The average Bonchev–Trinajstić information content (AvgIpc) is 2.65. The first-order valence-corrected chi connectivity index (χ1v) is 5.10. The van der Waals surface area contributed by atoms with E-state index in [9.17, 15) is 9.70 Å². The van der Waals surface area contributed by atoms with Gasteiger partial charge in [-0.15, -0.1) is 4.91 Å². The maximum absolute atomic E-state index is 11.4. The Bertz CT molecular complexity index is 518. The number of nitrogens with zero attached hydrogens (tertiary/aromatic N) is 1. The molecule has 17 heavy (non-hydrogen) atoms. The van der Waals surface area contributed by atoms with Gasteiger partial charge in [0.2, 0.25) is 0 Å². The van der Waals surface area contributed by atoms with E-state index in [2.05, 4.69) is 15.8 Å². The number of amides is 1. The molecule has 0 radical (unpaired) electrons. The molecule has 0 spiro atoms. The normalized spacial score (nSPS) is 17.2. The molecule has 2 N–H and O–H groups in total. The van der Waals surface area contributed by atoms with Crippen LogP contribution in [-0.2, 0) is 4.79 Å². The van der Waals surface area contributed by atoms with Crippen LogP contribution >= 0.6 is 0 Å². The van der Waals surface area contributed by atoms with Gasteiger partial charge in [0, 0.05) is 7.05 Å². The molecule has 86 valence electrons. The first kappa shape index (κ1) is 11.1. The van der Waals surface area contributed by atoms with Gasteiger partial charge in [0.15, 0.2) is 5.70 Å². The van der Waals surface area contributed by atoms with Gasteiger partial charge in [-0.1, -0.05) is 30.3 Å². The minimum atomic E-state index is -0.480. The zero-order chi connectivity index (χ0) is 12.3. The predicted octanol–water partition coefficient (Wildman–Crippen LogP) is 1.35. The highest BCUT2D eigenvalue weighted by Gasteiger charge is 2.27. The van der Waals surface area contributed by atoms with Gasteiger partial charge >= 0.3 is 0 Å². The summed E-state index contributed by atoms with van der Waals surface area (Å²) in [5, 5.41) is 8.12. The summed E-state index contributed by atoms with van der Waals surface area (Å²) in [5.74, 6) is -0.480. The Morgan fingerprint density at radius 1 is 1.29 bits per heavy atom. The second-order valence-corrected chi connectivity index (χ2v) is 3.49. The second kappa shape index (κ2) is 4.61. The molecule has 5 nitrogen and oxygen atoms in total. The lowest BCUT2D eigenvalue weighted by Crippen LogP contribution is -2.16. The van der Waals surface area contributed by atoms with Crippen molar-refractivity contribution in [3.63, 3.8) is 0 Å². The van der Waals surface area contributed by atoms with Crippen LogP contribution in [0.3, 0.4) is 0 Å². The number of benzene rings is 1. The largest absolute Gasteiger partial charge is 0.384 e. The predicted molar refractivity (Wildman–Crippen MR) is 64.4 cm³/mol. The lowest BCUT2D eigenvalue weighted by Gasteiger charge is -2.03. The molecule has 0 aromatic heterocycles. The van der Waals surface area contributed by atoms with Crippen LogP contribution in [0.15, 0.2) is 52.6 Å². The quantitative estimate of drug-likeness (QED) is 0.769. The van der Waals surface area contributed by atoms with E-state index >= 15 is 0 Å². The maximum atomic E-state index is 11.4. The third kappa shape index (κ3) is 2.08. The van der Waals surface area contributed by atoms with E-state index in [0.717, 1.165) is 5.56 Å². The number of likely N-dealkylation sites (N-methyl/N-ethyl adjacent to an activating group) is 1. The van der Waals surface area contributed by atoms with Crippen molar-refractivity contribution in [2.45, 2.75) is 0 Å². The Balaban J connectivity index is 2.42. The lowest BCUT2D eigenvalue weighted by molar-refractivity contribution is -0.116. The number of nitroso groups, excluding NO2 is 1. The third-order valence-electron chi connectivity index (χ3n) is 2.42. The highest BCUT2D eigenvalue weighted by molar-refractivity contribution is 6.00. The summed E-state index contributed by atoms with van der Waals surface area (Å²) in [6.45, 7) is 0. The van der Waals surface area contributed by atoms with Crippen molar-refractivity contribution in [1.29, 1.82) is 0 Å². The maximum Gasteiger partial charge on any atom is 0.280 e. The molecule has 0 bridgehead atoms. The average molecular weight is 229 g/mol. The van der Waals surface area contributed by atoms with E-state index in [-0.39, 0.29) is 5.70 Å². The molecule has 0 atom stereocenters. The molecule has 0 saturated heterocycles. The van der Waals surface area contributed by atoms with E-state index in [1.165, 1.54) is 0 Å². The topological polar surface area (TPSA) is 70.6 Å². The number of hydrogen-bond acceptors (Lipinski definition) is 4. The van der Waals surface area contributed by atoms with Crippen molar-refractivity contribution in [3.05, 3.63) is 57.9 Å². The molecule has 1 aliphatic heterocycles. The highest BCUT2D eigenvalue weighted by Crippen LogP contribution is 2.20. The zero-order valence-electron chi connectivity index (χ0n) is 9.23. The fraction of sp³-hybridized carbons (Fsp3) is 0.0833. The van der Waals surface area contributed by atoms with Crippen LogP contribution in [0.5, 0.6) is 0 Å². The summed E-state index contributed by atoms with van der Waals surface area (Å²) < 4.78 is 0. The molecule has 2 rings (SSSR count). The van der Waals surface area contributed by atoms with Gasteiger partial charge in [-0.05, 0) is 16.8 Å². The van der Waals surface area contributed by atoms with Crippen LogP contribution in [-0.4, -0.2) is 13.0 Å². The summed E-state index contributed by atoms with van der Waals surface area (Å²) in [7, 11) is 1.64. The second-order valence-electron chi connectivity index (χ2n) is 3.49. The Labute approximate surface area is 98.2 Å². The molecular weight excluding hydrogens is 218 g/mol. The van der Waals surface area contributed by atoms with Crippen LogP contribution in [0.25, 0.3) is 6.08 Å². The Morgan fingerprint density at radius 2 is 2.00 bits per heavy atom.